The van der Waals surface area contributed by atoms with Crippen LogP contribution in [0.3, 0.4) is 0 Å². The van der Waals surface area contributed by atoms with Crippen LogP contribution in [0, 0.1) is 17.7 Å². The van der Waals surface area contributed by atoms with Gasteiger partial charge in [0.2, 0.25) is 0 Å². The van der Waals surface area contributed by atoms with Crippen molar-refractivity contribution in [2.75, 3.05) is 24.3 Å². The minimum atomic E-state index is -2.92. The molecule has 104 valence electrons. The molecule has 0 aliphatic rings. The fraction of sp³-hybridized carbons (Fsp3) is 0.385. The Morgan fingerprint density at radius 3 is 2.79 bits per heavy atom. The van der Waals surface area contributed by atoms with Gasteiger partial charge in [-0.2, -0.15) is 11.8 Å². The lowest BCUT2D eigenvalue weighted by Crippen LogP contribution is -2.05. The summed E-state index contributed by atoms with van der Waals surface area (Å²) in [6.07, 6.45) is 1.21. The predicted octanol–water partition coefficient (Wildman–Crippen LogP) is 1.41. The van der Waals surface area contributed by atoms with E-state index in [2.05, 4.69) is 11.8 Å². The van der Waals surface area contributed by atoms with Gasteiger partial charge in [0.1, 0.15) is 15.7 Å². The third kappa shape index (κ3) is 6.62. The van der Waals surface area contributed by atoms with E-state index < -0.39 is 9.84 Å². The van der Waals surface area contributed by atoms with Crippen LogP contribution in [0.25, 0.3) is 0 Å². The molecule has 0 aliphatic carbocycles. The van der Waals surface area contributed by atoms with Crippen molar-refractivity contribution < 1.29 is 12.8 Å². The van der Waals surface area contributed by atoms with Crippen molar-refractivity contribution in [3.63, 3.8) is 0 Å². The van der Waals surface area contributed by atoms with Crippen LogP contribution in [0.4, 0.5) is 4.39 Å². The topological polar surface area (TPSA) is 60.2 Å². The summed E-state index contributed by atoms with van der Waals surface area (Å²) in [6, 6.07) is 4.72. The molecule has 0 aliphatic heterocycles. The molecule has 0 aromatic heterocycles. The summed E-state index contributed by atoms with van der Waals surface area (Å²) in [5.74, 6) is 6.23. The third-order valence-corrected chi connectivity index (χ3v) is 4.46. The van der Waals surface area contributed by atoms with E-state index in [0.717, 1.165) is 5.56 Å². The summed E-state index contributed by atoms with van der Waals surface area (Å²) in [5.41, 5.74) is 6.49. The van der Waals surface area contributed by atoms with Crippen molar-refractivity contribution in [3.8, 4) is 11.8 Å². The lowest BCUT2D eigenvalue weighted by Gasteiger charge is -2.03. The van der Waals surface area contributed by atoms with Crippen molar-refractivity contribution in [3.05, 3.63) is 35.1 Å². The van der Waals surface area contributed by atoms with E-state index in [-0.39, 0.29) is 18.1 Å². The number of benzene rings is 1. The Balaban J connectivity index is 2.60. The van der Waals surface area contributed by atoms with Gasteiger partial charge in [0, 0.05) is 17.8 Å². The molecular weight excluding hydrogens is 285 g/mol. The van der Waals surface area contributed by atoms with Crippen LogP contribution in [0.1, 0.15) is 11.1 Å². The van der Waals surface area contributed by atoms with E-state index in [4.69, 9.17) is 5.73 Å². The van der Waals surface area contributed by atoms with Crippen LogP contribution in [0.5, 0.6) is 0 Å². The van der Waals surface area contributed by atoms with Crippen LogP contribution in [0.15, 0.2) is 18.2 Å². The van der Waals surface area contributed by atoms with Gasteiger partial charge in [0.25, 0.3) is 0 Å². The summed E-state index contributed by atoms with van der Waals surface area (Å²) in [6.45, 7) is 0.187. The van der Waals surface area contributed by atoms with Gasteiger partial charge < -0.3 is 5.73 Å². The highest BCUT2D eigenvalue weighted by Crippen LogP contribution is 2.16. The van der Waals surface area contributed by atoms with E-state index in [9.17, 15) is 12.8 Å². The Kier molecular flexibility index (Phi) is 6.35. The first-order valence-corrected chi connectivity index (χ1v) is 8.87. The maximum atomic E-state index is 13.4. The second kappa shape index (κ2) is 7.53. The summed E-state index contributed by atoms with van der Waals surface area (Å²) in [4.78, 5) is 0. The molecule has 0 saturated carbocycles. The van der Waals surface area contributed by atoms with E-state index >= 15 is 0 Å². The highest BCUT2D eigenvalue weighted by Gasteiger charge is 2.04. The lowest BCUT2D eigenvalue weighted by atomic mass is 10.1. The second-order valence-electron chi connectivity index (χ2n) is 4.00. The van der Waals surface area contributed by atoms with Crippen LogP contribution in [-0.2, 0) is 15.6 Å². The number of thioether (sulfide) groups is 1. The van der Waals surface area contributed by atoms with Crippen molar-refractivity contribution in [1.82, 2.24) is 0 Å². The van der Waals surface area contributed by atoms with Gasteiger partial charge in [-0.25, -0.2) is 12.8 Å². The van der Waals surface area contributed by atoms with Gasteiger partial charge in [0.05, 0.1) is 17.9 Å². The highest BCUT2D eigenvalue weighted by molar-refractivity contribution is 7.99. The maximum absolute atomic E-state index is 13.4. The first-order chi connectivity index (χ1) is 8.92. The van der Waals surface area contributed by atoms with E-state index in [0.29, 0.717) is 17.1 Å². The highest BCUT2D eigenvalue weighted by atomic mass is 32.2. The van der Waals surface area contributed by atoms with Crippen molar-refractivity contribution >= 4 is 21.6 Å². The number of hydrogen-bond donors (Lipinski definition) is 1. The summed E-state index contributed by atoms with van der Waals surface area (Å²) in [7, 11) is -2.92. The molecule has 1 aromatic carbocycles. The number of nitrogens with two attached hydrogens (primary N) is 1. The second-order valence-corrected chi connectivity index (χ2v) is 7.37. The average Bonchev–Trinajstić information content (AvgIpc) is 2.33. The van der Waals surface area contributed by atoms with E-state index in [1.165, 1.54) is 24.1 Å². The Bertz CT molecular complexity index is 588. The molecule has 1 rings (SSSR count). The van der Waals surface area contributed by atoms with Crippen LogP contribution in [0.2, 0.25) is 0 Å². The molecular formula is C13H16FNO2S2. The zero-order valence-electron chi connectivity index (χ0n) is 10.6. The molecule has 0 saturated heterocycles. The largest absolute Gasteiger partial charge is 0.320 e. The Morgan fingerprint density at radius 1 is 1.42 bits per heavy atom. The molecule has 0 fully saturated rings. The SMILES string of the molecule is CS(=O)(=O)CCSCc1ccc(F)c(C#CCN)c1. The van der Waals surface area contributed by atoms with Gasteiger partial charge in [-0.3, -0.25) is 0 Å². The van der Waals surface area contributed by atoms with Gasteiger partial charge in [-0.1, -0.05) is 17.9 Å². The molecule has 0 spiro atoms. The quantitative estimate of drug-likeness (QED) is 0.660. The van der Waals surface area contributed by atoms with E-state index in [1.54, 1.807) is 12.1 Å². The smallest absolute Gasteiger partial charge is 0.148 e. The normalized spacial score (nSPS) is 10.9. The first kappa shape index (κ1) is 16.0. The summed E-state index contributed by atoms with van der Waals surface area (Å²) < 4.78 is 35.3. The maximum Gasteiger partial charge on any atom is 0.148 e. The third-order valence-electron chi connectivity index (χ3n) is 2.22. The first-order valence-electron chi connectivity index (χ1n) is 5.65. The summed E-state index contributed by atoms with van der Waals surface area (Å²) in [5, 5.41) is 0. The Labute approximate surface area is 117 Å². The van der Waals surface area contributed by atoms with Crippen LogP contribution < -0.4 is 5.73 Å². The lowest BCUT2D eigenvalue weighted by molar-refractivity contribution is 0.603. The molecule has 2 N–H and O–H groups in total. The van der Waals surface area contributed by atoms with Crippen molar-refractivity contribution in [2.24, 2.45) is 5.73 Å². The molecule has 0 radical (unpaired) electrons. The zero-order valence-corrected chi connectivity index (χ0v) is 12.3. The molecule has 0 atom stereocenters. The fourth-order valence-corrected chi connectivity index (χ4v) is 3.55. The number of halogens is 1. The van der Waals surface area contributed by atoms with Gasteiger partial charge in [0.15, 0.2) is 0 Å². The molecule has 19 heavy (non-hydrogen) atoms. The molecule has 0 amide bonds. The number of sulfone groups is 1. The summed E-state index contributed by atoms with van der Waals surface area (Å²) >= 11 is 1.50. The molecule has 3 nitrogen and oxygen atoms in total. The van der Waals surface area contributed by atoms with Gasteiger partial charge >= 0.3 is 0 Å². The monoisotopic (exact) mass is 301 g/mol. The number of hydrogen-bond acceptors (Lipinski definition) is 4. The molecule has 0 heterocycles. The van der Waals surface area contributed by atoms with Crippen molar-refractivity contribution in [2.45, 2.75) is 5.75 Å². The minimum Gasteiger partial charge on any atom is -0.320 e. The van der Waals surface area contributed by atoms with Crippen LogP contribution in [-0.4, -0.2) is 32.7 Å². The van der Waals surface area contributed by atoms with Gasteiger partial charge in [-0.15, -0.1) is 0 Å². The predicted molar refractivity (Wildman–Crippen MR) is 78.2 cm³/mol. The standard InChI is InChI=1S/C13H16FNO2S2/c1-19(16,17)8-7-18-10-11-4-5-13(14)12(9-11)3-2-6-15/h4-5,9H,6-8,10,15H2,1H3. The van der Waals surface area contributed by atoms with Crippen LogP contribution >= 0.6 is 11.8 Å². The number of rotatable bonds is 5. The Morgan fingerprint density at radius 2 is 2.16 bits per heavy atom. The minimum absolute atomic E-state index is 0.151. The van der Waals surface area contributed by atoms with E-state index in [1.807, 2.05) is 0 Å². The average molecular weight is 301 g/mol. The molecule has 0 bridgehead atoms. The molecule has 1 aromatic rings. The van der Waals surface area contributed by atoms with Gasteiger partial charge in [-0.05, 0) is 17.7 Å². The molecule has 6 heteroatoms. The Hall–Kier alpha value is -1.03. The zero-order chi connectivity index (χ0) is 14.3. The van der Waals surface area contributed by atoms with Crippen molar-refractivity contribution in [1.29, 1.82) is 0 Å². The molecule has 0 unspecified atom stereocenters. The fourth-order valence-electron chi connectivity index (χ4n) is 1.30.